The number of benzene rings is 1. The lowest BCUT2D eigenvalue weighted by atomic mass is 10.1. The molecule has 8 nitrogen and oxygen atoms in total. The summed E-state index contributed by atoms with van der Waals surface area (Å²) < 4.78 is 1.71. The van der Waals surface area contributed by atoms with Crippen molar-refractivity contribution in [2.24, 2.45) is 12.0 Å². The number of amides is 1. The number of aromatic nitrogens is 3. The van der Waals surface area contributed by atoms with E-state index in [0.29, 0.717) is 37.7 Å². The summed E-state index contributed by atoms with van der Waals surface area (Å²) in [5.74, 6) is 1.57. The van der Waals surface area contributed by atoms with E-state index in [9.17, 15) is 4.79 Å². The van der Waals surface area contributed by atoms with Crippen molar-refractivity contribution < 1.29 is 4.79 Å². The first-order valence-electron chi connectivity index (χ1n) is 8.74. The topological polar surface area (TPSA) is 87.4 Å². The van der Waals surface area contributed by atoms with Crippen molar-refractivity contribution in [3.05, 3.63) is 47.5 Å². The molecule has 1 heterocycles. The normalized spacial score (nSPS) is 11.3. The van der Waals surface area contributed by atoms with Gasteiger partial charge in [-0.1, -0.05) is 12.1 Å². The summed E-state index contributed by atoms with van der Waals surface area (Å²) in [4.78, 5) is 22.5. The van der Waals surface area contributed by atoms with Crippen molar-refractivity contribution in [2.45, 2.75) is 26.9 Å². The van der Waals surface area contributed by atoms with E-state index in [1.165, 1.54) is 6.33 Å². The maximum absolute atomic E-state index is 12.3. The Balaban J connectivity index is 1.88. The lowest BCUT2D eigenvalue weighted by Crippen LogP contribution is -2.37. The van der Waals surface area contributed by atoms with Crippen LogP contribution in [0.25, 0.3) is 0 Å². The lowest BCUT2D eigenvalue weighted by molar-refractivity contribution is 0.0773. The van der Waals surface area contributed by atoms with Gasteiger partial charge in [-0.25, -0.2) is 4.98 Å². The number of hydrogen-bond acceptors (Lipinski definition) is 4. The molecule has 0 aliphatic carbocycles. The SMILES string of the molecule is CCN(CC)C(=O)c1ccc(CNC(=NC)NCc2ncnn2C)cc1. The molecule has 2 aromatic rings. The molecule has 1 aromatic heterocycles. The fraction of sp³-hybridized carbons (Fsp3) is 0.444. The summed E-state index contributed by atoms with van der Waals surface area (Å²) >= 11 is 0. The van der Waals surface area contributed by atoms with Crippen molar-refractivity contribution in [1.29, 1.82) is 0 Å². The Morgan fingerprint density at radius 2 is 1.81 bits per heavy atom. The average molecular weight is 357 g/mol. The third-order valence-electron chi connectivity index (χ3n) is 4.15. The number of carbonyl (C=O) groups is 1. The Bertz CT molecular complexity index is 732. The van der Waals surface area contributed by atoms with Gasteiger partial charge in [0.2, 0.25) is 0 Å². The smallest absolute Gasteiger partial charge is 0.253 e. The number of nitrogens with zero attached hydrogens (tertiary/aromatic N) is 5. The van der Waals surface area contributed by atoms with Crippen LogP contribution in [0.3, 0.4) is 0 Å². The van der Waals surface area contributed by atoms with Crippen LogP contribution in [0.1, 0.15) is 35.6 Å². The zero-order chi connectivity index (χ0) is 18.9. The van der Waals surface area contributed by atoms with Gasteiger partial charge in [-0.15, -0.1) is 0 Å². The lowest BCUT2D eigenvalue weighted by Gasteiger charge is -2.18. The van der Waals surface area contributed by atoms with Crippen LogP contribution in [0, 0.1) is 0 Å². The number of aliphatic imine (C=N–C) groups is 1. The largest absolute Gasteiger partial charge is 0.352 e. The quantitative estimate of drug-likeness (QED) is 0.574. The monoisotopic (exact) mass is 357 g/mol. The van der Waals surface area contributed by atoms with E-state index in [4.69, 9.17) is 0 Å². The van der Waals surface area contributed by atoms with Crippen molar-refractivity contribution in [2.75, 3.05) is 20.1 Å². The van der Waals surface area contributed by atoms with Crippen LogP contribution < -0.4 is 10.6 Å². The molecular weight excluding hydrogens is 330 g/mol. The Hall–Kier alpha value is -2.90. The molecule has 8 heteroatoms. The highest BCUT2D eigenvalue weighted by Gasteiger charge is 2.12. The molecule has 0 radical (unpaired) electrons. The highest BCUT2D eigenvalue weighted by molar-refractivity contribution is 5.94. The van der Waals surface area contributed by atoms with Crippen molar-refractivity contribution in [3.8, 4) is 0 Å². The Morgan fingerprint density at radius 1 is 1.15 bits per heavy atom. The van der Waals surface area contributed by atoms with Crippen LogP contribution in [0.4, 0.5) is 0 Å². The molecule has 0 saturated carbocycles. The van der Waals surface area contributed by atoms with Gasteiger partial charge in [-0.2, -0.15) is 5.10 Å². The molecular formula is C18H27N7O. The second-order valence-electron chi connectivity index (χ2n) is 5.75. The van der Waals surface area contributed by atoms with E-state index in [1.54, 1.807) is 11.7 Å². The molecule has 0 fully saturated rings. The Labute approximate surface area is 154 Å². The highest BCUT2D eigenvalue weighted by Crippen LogP contribution is 2.08. The van der Waals surface area contributed by atoms with Crippen LogP contribution in [0.2, 0.25) is 0 Å². The molecule has 1 amide bonds. The minimum Gasteiger partial charge on any atom is -0.352 e. The van der Waals surface area contributed by atoms with E-state index in [-0.39, 0.29) is 5.91 Å². The van der Waals surface area contributed by atoms with Gasteiger partial charge in [0.1, 0.15) is 12.2 Å². The maximum atomic E-state index is 12.3. The minimum atomic E-state index is 0.0654. The summed E-state index contributed by atoms with van der Waals surface area (Å²) in [6.45, 7) is 6.54. The third-order valence-corrected chi connectivity index (χ3v) is 4.15. The first kappa shape index (κ1) is 19.4. The molecule has 2 rings (SSSR count). The Morgan fingerprint density at radius 3 is 2.35 bits per heavy atom. The number of hydrogen-bond donors (Lipinski definition) is 2. The molecule has 2 N–H and O–H groups in total. The molecule has 0 atom stereocenters. The number of guanidine groups is 1. The van der Waals surface area contributed by atoms with Crippen molar-refractivity contribution >= 4 is 11.9 Å². The van der Waals surface area contributed by atoms with Gasteiger partial charge in [0.15, 0.2) is 5.96 Å². The zero-order valence-corrected chi connectivity index (χ0v) is 15.9. The molecule has 0 aliphatic heterocycles. The fourth-order valence-corrected chi connectivity index (χ4v) is 2.51. The molecule has 26 heavy (non-hydrogen) atoms. The van der Waals surface area contributed by atoms with E-state index in [0.717, 1.165) is 11.4 Å². The Kier molecular flexibility index (Phi) is 7.13. The molecule has 0 spiro atoms. The van der Waals surface area contributed by atoms with Crippen molar-refractivity contribution in [1.82, 2.24) is 30.3 Å². The number of nitrogens with one attached hydrogen (secondary N) is 2. The summed E-state index contributed by atoms with van der Waals surface area (Å²) in [5, 5.41) is 10.5. The first-order chi connectivity index (χ1) is 12.6. The van der Waals surface area contributed by atoms with E-state index in [1.807, 2.05) is 50.1 Å². The van der Waals surface area contributed by atoms with E-state index >= 15 is 0 Å². The van der Waals surface area contributed by atoms with E-state index in [2.05, 4.69) is 25.7 Å². The van der Waals surface area contributed by atoms with Gasteiger partial charge < -0.3 is 15.5 Å². The molecule has 0 aliphatic rings. The average Bonchev–Trinajstić information content (AvgIpc) is 3.08. The summed E-state index contributed by atoms with van der Waals surface area (Å²) in [6, 6.07) is 7.65. The van der Waals surface area contributed by atoms with Gasteiger partial charge in [0.25, 0.3) is 5.91 Å². The summed E-state index contributed by atoms with van der Waals surface area (Å²) in [7, 11) is 3.57. The third kappa shape index (κ3) is 5.05. The number of rotatable bonds is 7. The number of carbonyl (C=O) groups excluding carboxylic acids is 1. The summed E-state index contributed by atoms with van der Waals surface area (Å²) in [5.41, 5.74) is 1.78. The van der Waals surface area contributed by atoms with Crippen LogP contribution in [0.15, 0.2) is 35.6 Å². The standard InChI is InChI=1S/C18H27N7O/c1-5-25(6-2)17(26)15-9-7-14(8-10-15)11-20-18(19-3)21-12-16-22-13-23-24(16)4/h7-10,13H,5-6,11-12H2,1-4H3,(H2,19,20,21). The second-order valence-corrected chi connectivity index (χ2v) is 5.75. The van der Waals surface area contributed by atoms with Gasteiger partial charge in [-0.05, 0) is 31.5 Å². The zero-order valence-electron chi connectivity index (χ0n) is 15.9. The van der Waals surface area contributed by atoms with Crippen molar-refractivity contribution in [3.63, 3.8) is 0 Å². The van der Waals surface area contributed by atoms with E-state index < -0.39 is 0 Å². The predicted octanol–water partition coefficient (Wildman–Crippen LogP) is 1.16. The van der Waals surface area contributed by atoms with Crippen LogP contribution in [0.5, 0.6) is 0 Å². The minimum absolute atomic E-state index is 0.0654. The second kappa shape index (κ2) is 9.55. The number of aryl methyl sites for hydroxylation is 1. The van der Waals surface area contributed by atoms with Crippen LogP contribution in [-0.2, 0) is 20.1 Å². The van der Waals surface area contributed by atoms with Crippen LogP contribution >= 0.6 is 0 Å². The molecule has 0 saturated heterocycles. The highest BCUT2D eigenvalue weighted by atomic mass is 16.2. The fourth-order valence-electron chi connectivity index (χ4n) is 2.51. The van der Waals surface area contributed by atoms with Gasteiger partial charge in [0, 0.05) is 39.3 Å². The molecule has 1 aromatic carbocycles. The molecule has 0 bridgehead atoms. The predicted molar refractivity (Wildman–Crippen MR) is 102 cm³/mol. The summed E-state index contributed by atoms with van der Waals surface area (Å²) in [6.07, 6.45) is 1.52. The first-order valence-corrected chi connectivity index (χ1v) is 8.74. The maximum Gasteiger partial charge on any atom is 0.253 e. The van der Waals surface area contributed by atoms with Crippen LogP contribution in [-0.4, -0.2) is 51.7 Å². The molecule has 0 unspecified atom stereocenters. The van der Waals surface area contributed by atoms with Gasteiger partial charge >= 0.3 is 0 Å². The molecule has 140 valence electrons. The van der Waals surface area contributed by atoms with Gasteiger partial charge in [-0.3, -0.25) is 14.5 Å². The van der Waals surface area contributed by atoms with Gasteiger partial charge in [0.05, 0.1) is 6.54 Å².